The first-order valence-corrected chi connectivity index (χ1v) is 9.00. The maximum Gasteiger partial charge on any atom is 0.229 e. The van der Waals surface area contributed by atoms with Crippen molar-refractivity contribution < 1.29 is 8.42 Å². The lowest BCUT2D eigenvalue weighted by Gasteiger charge is -2.25. The molecule has 18 heavy (non-hydrogen) atoms. The minimum Gasteiger partial charge on any atom is -0.381 e. The number of benzene rings is 1. The zero-order valence-electron chi connectivity index (χ0n) is 10.3. The van der Waals surface area contributed by atoms with Crippen molar-refractivity contribution in [2.75, 3.05) is 27.8 Å². The molecule has 2 N–H and O–H groups in total. The Kier molecular flexibility index (Phi) is 4.40. The maximum atomic E-state index is 11.3. The molecule has 0 spiro atoms. The fourth-order valence-electron chi connectivity index (χ4n) is 1.96. The minimum atomic E-state index is -3.23. The van der Waals surface area contributed by atoms with E-state index in [2.05, 4.69) is 10.0 Å². The van der Waals surface area contributed by atoms with E-state index >= 15 is 0 Å². The average Bonchev–Trinajstić information content (AvgIpc) is 2.31. The molecule has 0 saturated carbocycles. The molecule has 4 nitrogen and oxygen atoms in total. The van der Waals surface area contributed by atoms with Gasteiger partial charge in [-0.25, -0.2) is 8.42 Å². The molecule has 0 aliphatic carbocycles. The van der Waals surface area contributed by atoms with E-state index in [0.717, 1.165) is 18.5 Å². The van der Waals surface area contributed by atoms with Gasteiger partial charge in [-0.1, -0.05) is 12.1 Å². The number of anilines is 2. The third-order valence-corrected chi connectivity index (χ3v) is 4.44. The second kappa shape index (κ2) is 5.84. The van der Waals surface area contributed by atoms with Gasteiger partial charge in [0.15, 0.2) is 0 Å². The van der Waals surface area contributed by atoms with E-state index in [-0.39, 0.29) is 0 Å². The van der Waals surface area contributed by atoms with E-state index in [1.165, 1.54) is 17.8 Å². The van der Waals surface area contributed by atoms with Crippen LogP contribution in [0.1, 0.15) is 12.8 Å². The van der Waals surface area contributed by atoms with Crippen molar-refractivity contribution in [3.8, 4) is 0 Å². The van der Waals surface area contributed by atoms with Gasteiger partial charge < -0.3 is 5.32 Å². The summed E-state index contributed by atoms with van der Waals surface area (Å²) in [6.45, 7) is 0. The summed E-state index contributed by atoms with van der Waals surface area (Å²) < 4.78 is 25.1. The molecular weight excluding hydrogens is 268 g/mol. The van der Waals surface area contributed by atoms with Crippen LogP contribution in [-0.2, 0) is 10.0 Å². The van der Waals surface area contributed by atoms with Gasteiger partial charge >= 0.3 is 0 Å². The summed E-state index contributed by atoms with van der Waals surface area (Å²) in [6.07, 6.45) is 3.41. The highest BCUT2D eigenvalue weighted by atomic mass is 32.2. The normalized spacial score (nSPS) is 17.4. The smallest absolute Gasteiger partial charge is 0.229 e. The highest BCUT2D eigenvalue weighted by Crippen LogP contribution is 2.26. The first kappa shape index (κ1) is 13.5. The molecule has 1 fully saturated rings. The summed E-state index contributed by atoms with van der Waals surface area (Å²) in [4.78, 5) is 0. The van der Waals surface area contributed by atoms with Gasteiger partial charge in [0.1, 0.15) is 0 Å². The summed E-state index contributed by atoms with van der Waals surface area (Å²) in [7, 11) is -3.23. The summed E-state index contributed by atoms with van der Waals surface area (Å²) in [5.41, 5.74) is 1.48. The molecule has 1 heterocycles. The van der Waals surface area contributed by atoms with Crippen LogP contribution in [0.15, 0.2) is 24.3 Å². The van der Waals surface area contributed by atoms with Crippen molar-refractivity contribution in [1.82, 2.24) is 0 Å². The molecule has 1 aliphatic heterocycles. The first-order valence-electron chi connectivity index (χ1n) is 5.96. The molecule has 0 amide bonds. The second-order valence-corrected chi connectivity index (χ2v) is 7.42. The topological polar surface area (TPSA) is 58.2 Å². The average molecular weight is 286 g/mol. The van der Waals surface area contributed by atoms with Crippen LogP contribution in [0.4, 0.5) is 11.4 Å². The Bertz CT molecular complexity index is 497. The monoisotopic (exact) mass is 286 g/mol. The molecule has 6 heteroatoms. The fraction of sp³-hybridized carbons (Fsp3) is 0.500. The Labute approximate surface area is 113 Å². The van der Waals surface area contributed by atoms with Crippen molar-refractivity contribution in [3.63, 3.8) is 0 Å². The van der Waals surface area contributed by atoms with Gasteiger partial charge in [-0.2, -0.15) is 11.8 Å². The Morgan fingerprint density at radius 1 is 1.17 bits per heavy atom. The van der Waals surface area contributed by atoms with E-state index in [4.69, 9.17) is 0 Å². The van der Waals surface area contributed by atoms with E-state index in [1.54, 1.807) is 6.07 Å². The molecule has 1 aliphatic rings. The van der Waals surface area contributed by atoms with Gasteiger partial charge in [-0.15, -0.1) is 0 Å². The van der Waals surface area contributed by atoms with Crippen LogP contribution >= 0.6 is 11.8 Å². The lowest BCUT2D eigenvalue weighted by atomic mass is 10.1. The largest absolute Gasteiger partial charge is 0.381 e. The Balaban J connectivity index is 2.11. The molecule has 1 aromatic carbocycles. The Hall–Kier alpha value is -0.880. The van der Waals surface area contributed by atoms with E-state index < -0.39 is 10.0 Å². The van der Waals surface area contributed by atoms with E-state index in [0.29, 0.717) is 11.7 Å². The molecule has 0 atom stereocenters. The van der Waals surface area contributed by atoms with Gasteiger partial charge in [0, 0.05) is 6.04 Å². The lowest BCUT2D eigenvalue weighted by Crippen LogP contribution is -2.25. The van der Waals surface area contributed by atoms with Crippen LogP contribution in [0.3, 0.4) is 0 Å². The lowest BCUT2D eigenvalue weighted by molar-refractivity contribution is 0.606. The second-order valence-electron chi connectivity index (χ2n) is 4.45. The van der Waals surface area contributed by atoms with Gasteiger partial charge in [0.05, 0.1) is 17.6 Å². The zero-order valence-corrected chi connectivity index (χ0v) is 12.0. The number of rotatable bonds is 4. The number of para-hydroxylation sites is 2. The van der Waals surface area contributed by atoms with Crippen LogP contribution in [-0.4, -0.2) is 32.2 Å². The number of nitrogens with one attached hydrogen (secondary N) is 2. The predicted octanol–water partition coefficient (Wildman–Crippen LogP) is 2.37. The van der Waals surface area contributed by atoms with Crippen molar-refractivity contribution in [3.05, 3.63) is 24.3 Å². The molecule has 100 valence electrons. The van der Waals surface area contributed by atoms with Crippen LogP contribution in [0.25, 0.3) is 0 Å². The van der Waals surface area contributed by atoms with E-state index in [1.807, 2.05) is 30.0 Å². The third kappa shape index (κ3) is 4.10. The highest BCUT2D eigenvalue weighted by Gasteiger charge is 2.15. The molecule has 0 radical (unpaired) electrons. The number of thioether (sulfide) groups is 1. The first-order chi connectivity index (χ1) is 8.54. The number of hydrogen-bond donors (Lipinski definition) is 2. The molecule has 2 rings (SSSR count). The van der Waals surface area contributed by atoms with Gasteiger partial charge in [-0.3, -0.25) is 4.72 Å². The SMILES string of the molecule is CS(=O)(=O)Nc1ccccc1NC1CCSCC1. The molecular formula is C12H18N2O2S2. The number of hydrogen-bond acceptors (Lipinski definition) is 4. The van der Waals surface area contributed by atoms with Gasteiger partial charge in [-0.05, 0) is 36.5 Å². The minimum absolute atomic E-state index is 0.439. The molecule has 0 aromatic heterocycles. The standard InChI is InChI=1S/C12H18N2O2S2/c1-18(15,16)14-12-5-3-2-4-11(12)13-10-6-8-17-9-7-10/h2-5,10,13-14H,6-9H2,1H3. The van der Waals surface area contributed by atoms with Gasteiger partial charge in [0.2, 0.25) is 10.0 Å². The highest BCUT2D eigenvalue weighted by molar-refractivity contribution is 7.99. The van der Waals surface area contributed by atoms with Crippen LogP contribution in [0.5, 0.6) is 0 Å². The van der Waals surface area contributed by atoms with Crippen molar-refractivity contribution in [2.45, 2.75) is 18.9 Å². The maximum absolute atomic E-state index is 11.3. The quantitative estimate of drug-likeness (QED) is 0.892. The van der Waals surface area contributed by atoms with Crippen molar-refractivity contribution in [2.24, 2.45) is 0 Å². The Morgan fingerprint density at radius 2 is 1.78 bits per heavy atom. The van der Waals surface area contributed by atoms with Crippen molar-refractivity contribution >= 4 is 33.2 Å². The summed E-state index contributed by atoms with van der Waals surface area (Å²) >= 11 is 1.97. The molecule has 1 saturated heterocycles. The third-order valence-electron chi connectivity index (χ3n) is 2.80. The van der Waals surface area contributed by atoms with Crippen LogP contribution < -0.4 is 10.0 Å². The number of sulfonamides is 1. The summed E-state index contributed by atoms with van der Waals surface area (Å²) in [5.74, 6) is 2.33. The predicted molar refractivity (Wildman–Crippen MR) is 78.9 cm³/mol. The fourth-order valence-corrected chi connectivity index (χ4v) is 3.64. The van der Waals surface area contributed by atoms with Crippen LogP contribution in [0.2, 0.25) is 0 Å². The zero-order chi connectivity index (χ0) is 13.0. The Morgan fingerprint density at radius 3 is 2.39 bits per heavy atom. The summed E-state index contributed by atoms with van der Waals surface area (Å²) in [5, 5.41) is 3.43. The molecule has 0 bridgehead atoms. The van der Waals surface area contributed by atoms with Crippen LogP contribution in [0, 0.1) is 0 Å². The summed E-state index contributed by atoms with van der Waals surface area (Å²) in [6, 6.07) is 7.87. The van der Waals surface area contributed by atoms with E-state index in [9.17, 15) is 8.42 Å². The molecule has 1 aromatic rings. The van der Waals surface area contributed by atoms with Crippen molar-refractivity contribution in [1.29, 1.82) is 0 Å². The van der Waals surface area contributed by atoms with Gasteiger partial charge in [0.25, 0.3) is 0 Å². The molecule has 0 unspecified atom stereocenters.